The molecule has 0 fully saturated rings. The fraction of sp³-hybridized carbons (Fsp3) is 0.304. The predicted molar refractivity (Wildman–Crippen MR) is 128 cm³/mol. The molecule has 0 bridgehead atoms. The fourth-order valence-corrected chi connectivity index (χ4v) is 4.38. The van der Waals surface area contributed by atoms with Crippen LogP contribution in [-0.4, -0.2) is 49.2 Å². The molecule has 8 nitrogen and oxygen atoms in total. The summed E-state index contributed by atoms with van der Waals surface area (Å²) in [7, 11) is 0.164. The highest BCUT2D eigenvalue weighted by Gasteiger charge is 2.44. The van der Waals surface area contributed by atoms with Crippen molar-refractivity contribution in [3.05, 3.63) is 65.1 Å². The minimum absolute atomic E-state index is 0.0273. The zero-order valence-electron chi connectivity index (χ0n) is 18.5. The van der Waals surface area contributed by atoms with Crippen LogP contribution >= 0.6 is 0 Å². The maximum Gasteiger partial charge on any atom is 0.304 e. The van der Waals surface area contributed by atoms with Crippen molar-refractivity contribution in [2.75, 3.05) is 25.3 Å². The number of hydrogen-bond donors (Lipinski definition) is 1. The monoisotopic (exact) mass is 458 g/mol. The first-order chi connectivity index (χ1) is 15.0. The van der Waals surface area contributed by atoms with Crippen LogP contribution in [0.5, 0.6) is 0 Å². The van der Waals surface area contributed by atoms with E-state index in [0.29, 0.717) is 5.39 Å². The van der Waals surface area contributed by atoms with Crippen LogP contribution in [-0.2, 0) is 21.2 Å². The van der Waals surface area contributed by atoms with Gasteiger partial charge in [0.25, 0.3) is 5.56 Å². The van der Waals surface area contributed by atoms with Crippen LogP contribution in [0.25, 0.3) is 21.9 Å². The van der Waals surface area contributed by atoms with Crippen LogP contribution in [0.2, 0.25) is 0 Å². The van der Waals surface area contributed by atoms with E-state index >= 15 is 0 Å². The second kappa shape index (κ2) is 8.76. The zero-order valence-corrected chi connectivity index (χ0v) is 19.4. The third-order valence-electron chi connectivity index (χ3n) is 5.94. The van der Waals surface area contributed by atoms with E-state index < -0.39 is 20.5 Å². The summed E-state index contributed by atoms with van der Waals surface area (Å²) in [5.74, 6) is -0.918. The average molecular weight is 459 g/mol. The molecule has 0 aliphatic heterocycles. The molecule has 0 spiro atoms. The molecule has 3 aromatic rings. The number of pyridine rings is 1. The molecule has 0 saturated heterocycles. The summed E-state index contributed by atoms with van der Waals surface area (Å²) in [5, 5.41) is 8.35. The van der Waals surface area contributed by atoms with Gasteiger partial charge in [0.05, 0.1) is 0 Å². The number of nitrogens with zero attached hydrogens (tertiary/aromatic N) is 2. The first-order valence-electron chi connectivity index (χ1n) is 10.1. The van der Waals surface area contributed by atoms with Gasteiger partial charge in [0, 0.05) is 44.2 Å². The van der Waals surface area contributed by atoms with E-state index in [-0.39, 0.29) is 18.5 Å². The number of amides is 1. The second-order valence-corrected chi connectivity index (χ2v) is 10.7. The number of benzene rings is 2. The number of hydroxylamine groups is 1. The van der Waals surface area contributed by atoms with E-state index in [1.54, 1.807) is 23.8 Å². The van der Waals surface area contributed by atoms with Gasteiger partial charge in [0.2, 0.25) is 0 Å². The van der Waals surface area contributed by atoms with Crippen LogP contribution in [0.15, 0.2) is 59.5 Å². The lowest BCUT2D eigenvalue weighted by Gasteiger charge is -2.24. The number of anilines is 1. The molecular weight excluding hydrogens is 430 g/mol. The molecule has 0 radical (unpaired) electrons. The van der Waals surface area contributed by atoms with Crippen molar-refractivity contribution in [2.24, 2.45) is 0 Å². The summed E-state index contributed by atoms with van der Waals surface area (Å²) < 4.78 is 23.9. The van der Waals surface area contributed by atoms with Gasteiger partial charge in [-0.2, -0.15) is 0 Å². The number of carbonyl (C=O) groups excluding carboxylic acids is 1. The Kier molecular flexibility index (Phi) is 6.43. The van der Waals surface area contributed by atoms with Gasteiger partial charge in [0.15, 0.2) is 14.6 Å². The summed E-state index contributed by atoms with van der Waals surface area (Å²) in [6.07, 6.45) is 2.43. The summed E-state index contributed by atoms with van der Waals surface area (Å²) in [5.41, 5.74) is 4.51. The minimum Gasteiger partial charge on any atom is -0.378 e. The van der Waals surface area contributed by atoms with E-state index in [1.165, 1.54) is 11.5 Å². The van der Waals surface area contributed by atoms with Crippen molar-refractivity contribution < 1.29 is 18.4 Å². The molecule has 0 aliphatic carbocycles. The van der Waals surface area contributed by atoms with Crippen molar-refractivity contribution >= 4 is 32.2 Å². The maximum absolute atomic E-state index is 13.0. The van der Waals surface area contributed by atoms with Gasteiger partial charge < -0.3 is 14.7 Å². The number of rotatable bonds is 7. The van der Waals surface area contributed by atoms with Gasteiger partial charge in [-0.15, -0.1) is 5.48 Å². The van der Waals surface area contributed by atoms with E-state index in [1.807, 2.05) is 55.4 Å². The Bertz CT molecular complexity index is 1310. The van der Waals surface area contributed by atoms with Crippen molar-refractivity contribution in [1.82, 2.24) is 10.0 Å². The normalized spacial score (nSPS) is 13.5. The SMILES string of the molecule is CN(C)c1ccc(-c2ccc3c(=O)n(CC[C@](C)(C(=O)N[OH2+])S(C)(=O)=O)ccc3c2)cc1. The Morgan fingerprint density at radius 1 is 1.09 bits per heavy atom. The molecule has 32 heavy (non-hydrogen) atoms. The highest BCUT2D eigenvalue weighted by atomic mass is 32.2. The van der Waals surface area contributed by atoms with Crippen LogP contribution in [0.4, 0.5) is 5.69 Å². The Morgan fingerprint density at radius 3 is 2.28 bits per heavy atom. The molecule has 1 atom stereocenters. The zero-order chi connectivity index (χ0) is 23.7. The molecule has 3 N–H and O–H groups in total. The second-order valence-electron chi connectivity index (χ2n) is 8.26. The Morgan fingerprint density at radius 2 is 1.72 bits per heavy atom. The van der Waals surface area contributed by atoms with E-state index in [0.717, 1.165) is 28.5 Å². The molecule has 0 unspecified atom stereocenters. The number of aromatic nitrogens is 1. The summed E-state index contributed by atoms with van der Waals surface area (Å²) in [6, 6.07) is 15.5. The maximum atomic E-state index is 13.0. The highest BCUT2D eigenvalue weighted by Crippen LogP contribution is 2.26. The number of fused-ring (bicyclic) bond motifs is 1. The third kappa shape index (κ3) is 4.39. The van der Waals surface area contributed by atoms with Crippen molar-refractivity contribution in [2.45, 2.75) is 24.6 Å². The lowest BCUT2D eigenvalue weighted by Crippen LogP contribution is -2.49. The standard InChI is InChI=1S/C23H27N3O5S/c1-23(22(28)24-29,32(4,30)31)12-14-26-13-11-18-15-17(7-10-20(18)21(26)27)16-5-8-19(9-6-16)25(2)3/h5-11,13,15,29H,12,14H2,1-4H3,(H,24,28)/p+1/t23-/m1/s1. The number of sulfone groups is 1. The van der Waals surface area contributed by atoms with Gasteiger partial charge >= 0.3 is 5.91 Å². The number of aryl methyl sites for hydroxylation is 1. The molecule has 9 heteroatoms. The molecule has 1 heterocycles. The average Bonchev–Trinajstić information content (AvgIpc) is 2.76. The van der Waals surface area contributed by atoms with Gasteiger partial charge in [0.1, 0.15) is 0 Å². The Labute approximate surface area is 187 Å². The minimum atomic E-state index is -3.80. The van der Waals surface area contributed by atoms with Crippen LogP contribution < -0.4 is 15.9 Å². The number of carbonyl (C=O) groups is 1. The molecule has 1 amide bonds. The van der Waals surface area contributed by atoms with Crippen LogP contribution in [0.1, 0.15) is 13.3 Å². The Hall–Kier alpha value is -3.17. The largest absolute Gasteiger partial charge is 0.378 e. The quantitative estimate of drug-likeness (QED) is 0.428. The van der Waals surface area contributed by atoms with Gasteiger partial charge in [-0.3, -0.25) is 9.59 Å². The van der Waals surface area contributed by atoms with E-state index in [2.05, 4.69) is 0 Å². The first-order valence-corrected chi connectivity index (χ1v) is 11.9. The Balaban J connectivity index is 1.92. The van der Waals surface area contributed by atoms with Gasteiger partial charge in [-0.25, -0.2) is 8.42 Å². The fourth-order valence-electron chi connectivity index (χ4n) is 3.53. The smallest absolute Gasteiger partial charge is 0.304 e. The predicted octanol–water partition coefficient (Wildman–Crippen LogP) is 1.68. The molecule has 2 aromatic carbocycles. The van der Waals surface area contributed by atoms with Crippen molar-refractivity contribution in [3.8, 4) is 11.1 Å². The molecule has 1 aromatic heterocycles. The summed E-state index contributed by atoms with van der Waals surface area (Å²) >= 11 is 0. The topological polar surface area (TPSA) is 111 Å². The molecular formula is C23H28N3O5S+. The first kappa shape index (κ1) is 23.5. The molecule has 0 saturated carbocycles. The molecule has 0 aliphatic rings. The summed E-state index contributed by atoms with van der Waals surface area (Å²) in [4.78, 5) is 27.1. The van der Waals surface area contributed by atoms with Gasteiger partial charge in [-0.1, -0.05) is 18.2 Å². The highest BCUT2D eigenvalue weighted by molar-refractivity contribution is 7.92. The third-order valence-corrected chi connectivity index (χ3v) is 7.96. The summed E-state index contributed by atoms with van der Waals surface area (Å²) in [6.45, 7) is 1.30. The number of nitrogens with one attached hydrogen (secondary N) is 1. The molecule has 170 valence electrons. The lowest BCUT2D eigenvalue weighted by molar-refractivity contribution is -0.131. The van der Waals surface area contributed by atoms with Gasteiger partial charge in [-0.05, 0) is 60.2 Å². The van der Waals surface area contributed by atoms with Crippen molar-refractivity contribution in [1.29, 1.82) is 0 Å². The van der Waals surface area contributed by atoms with E-state index in [4.69, 9.17) is 5.21 Å². The van der Waals surface area contributed by atoms with Crippen LogP contribution in [0, 0.1) is 0 Å². The van der Waals surface area contributed by atoms with Crippen LogP contribution in [0.3, 0.4) is 0 Å². The number of hydrogen-bond acceptors (Lipinski definition) is 5. The lowest BCUT2D eigenvalue weighted by atomic mass is 10.0. The van der Waals surface area contributed by atoms with Crippen molar-refractivity contribution in [3.63, 3.8) is 0 Å². The molecule has 3 rings (SSSR count). The van der Waals surface area contributed by atoms with E-state index in [9.17, 15) is 18.0 Å².